The summed E-state index contributed by atoms with van der Waals surface area (Å²) >= 11 is 1.38. The summed E-state index contributed by atoms with van der Waals surface area (Å²) in [5.41, 5.74) is 1.32. The molecule has 0 atom stereocenters. The highest BCUT2D eigenvalue weighted by molar-refractivity contribution is 7.15. The number of ether oxygens (including phenoxy) is 1. The number of amides is 1. The molecule has 4 rings (SSSR count). The maximum Gasteiger partial charge on any atom is 0.259 e. The fraction of sp³-hybridized carbons (Fsp3) is 0.333. The Morgan fingerprint density at radius 3 is 2.64 bits per heavy atom. The van der Waals surface area contributed by atoms with E-state index < -0.39 is 0 Å². The lowest BCUT2D eigenvalue weighted by Crippen LogP contribution is -2.18. The Balaban J connectivity index is 1.41. The third-order valence-electron chi connectivity index (χ3n) is 4.84. The van der Waals surface area contributed by atoms with Crippen LogP contribution in [0, 0.1) is 5.92 Å². The quantitative estimate of drug-likeness (QED) is 0.646. The molecule has 28 heavy (non-hydrogen) atoms. The Hall–Kier alpha value is -2.80. The topological polar surface area (TPSA) is 77.0 Å². The van der Waals surface area contributed by atoms with Crippen molar-refractivity contribution in [3.63, 3.8) is 0 Å². The van der Waals surface area contributed by atoms with E-state index in [-0.39, 0.29) is 11.3 Å². The van der Waals surface area contributed by atoms with Gasteiger partial charge >= 0.3 is 0 Å². The minimum absolute atomic E-state index is 0.263. The summed E-state index contributed by atoms with van der Waals surface area (Å²) in [5, 5.41) is 12.5. The lowest BCUT2D eigenvalue weighted by molar-refractivity contribution is 0.102. The fourth-order valence-electron chi connectivity index (χ4n) is 2.76. The molecule has 0 bridgehead atoms. The highest BCUT2D eigenvalue weighted by Crippen LogP contribution is 2.34. The van der Waals surface area contributed by atoms with Gasteiger partial charge in [-0.05, 0) is 44.2 Å². The molecule has 0 unspecified atom stereocenters. The smallest absolute Gasteiger partial charge is 0.259 e. The first-order chi connectivity index (χ1) is 13.5. The summed E-state index contributed by atoms with van der Waals surface area (Å²) in [6.45, 7) is 4.89. The van der Waals surface area contributed by atoms with E-state index in [1.807, 2.05) is 18.2 Å². The fourth-order valence-corrected chi connectivity index (χ4v) is 3.62. The molecule has 0 spiro atoms. The molecule has 1 saturated carbocycles. The minimum Gasteiger partial charge on any atom is -0.477 e. The van der Waals surface area contributed by atoms with Crippen molar-refractivity contribution in [2.24, 2.45) is 5.92 Å². The van der Waals surface area contributed by atoms with Crippen LogP contribution in [0.15, 0.2) is 48.7 Å². The lowest BCUT2D eigenvalue weighted by Gasteiger charge is -2.21. The molecular formula is C21H22N4O2S. The largest absolute Gasteiger partial charge is 0.477 e. The van der Waals surface area contributed by atoms with E-state index in [0.29, 0.717) is 29.1 Å². The van der Waals surface area contributed by atoms with E-state index in [9.17, 15) is 4.79 Å². The molecule has 1 N–H and O–H groups in total. The number of anilines is 1. The molecule has 3 aromatic rings. The third-order valence-corrected chi connectivity index (χ3v) is 6.00. The number of carbonyl (C=O) groups excluding carboxylic acids is 1. The molecule has 1 amide bonds. The summed E-state index contributed by atoms with van der Waals surface area (Å²) in [4.78, 5) is 16.7. The molecule has 2 heterocycles. The lowest BCUT2D eigenvalue weighted by atomic mass is 9.85. The number of rotatable bonds is 7. The van der Waals surface area contributed by atoms with Gasteiger partial charge in [-0.3, -0.25) is 10.1 Å². The molecule has 0 radical (unpaired) electrons. The van der Waals surface area contributed by atoms with Gasteiger partial charge in [-0.2, -0.15) is 0 Å². The molecule has 0 saturated heterocycles. The highest BCUT2D eigenvalue weighted by Gasteiger charge is 2.28. The molecule has 1 aromatic carbocycles. The number of pyridine rings is 1. The molecule has 1 fully saturated rings. The summed E-state index contributed by atoms with van der Waals surface area (Å²) in [6, 6.07) is 13.6. The average Bonchev–Trinajstić information content (AvgIpc) is 3.43. The van der Waals surface area contributed by atoms with Gasteiger partial charge in [0.15, 0.2) is 0 Å². The van der Waals surface area contributed by atoms with Gasteiger partial charge in [0, 0.05) is 17.7 Å². The van der Waals surface area contributed by atoms with E-state index in [2.05, 4.69) is 46.5 Å². The Bertz CT molecular complexity index is 950. The zero-order valence-electron chi connectivity index (χ0n) is 15.9. The van der Waals surface area contributed by atoms with Crippen molar-refractivity contribution in [2.45, 2.75) is 32.1 Å². The Morgan fingerprint density at radius 2 is 1.96 bits per heavy atom. The van der Waals surface area contributed by atoms with Gasteiger partial charge in [-0.25, -0.2) is 4.98 Å². The Kier molecular flexibility index (Phi) is 5.09. The zero-order chi connectivity index (χ0) is 19.6. The Labute approximate surface area is 168 Å². The zero-order valence-corrected chi connectivity index (χ0v) is 16.7. The van der Waals surface area contributed by atoms with Crippen LogP contribution >= 0.6 is 11.3 Å². The molecule has 1 aliphatic rings. The standard InChI is InChI=1S/C21H22N4O2S/c1-21(2,16-6-4-3-5-7-16)19-24-25-20(28-19)23-18(26)15-10-11-17(22-12-15)27-13-14-8-9-14/h3-7,10-12,14H,8-9,13H2,1-2H3,(H,23,25,26). The van der Waals surface area contributed by atoms with E-state index in [4.69, 9.17) is 4.74 Å². The maximum atomic E-state index is 12.5. The van der Waals surface area contributed by atoms with Crippen LogP contribution in [0.25, 0.3) is 0 Å². The summed E-state index contributed by atoms with van der Waals surface area (Å²) in [7, 11) is 0. The molecule has 144 valence electrons. The predicted molar refractivity (Wildman–Crippen MR) is 109 cm³/mol. The summed E-state index contributed by atoms with van der Waals surface area (Å²) in [5.74, 6) is 0.948. The van der Waals surface area contributed by atoms with Crippen LogP contribution in [0.4, 0.5) is 5.13 Å². The van der Waals surface area contributed by atoms with Crippen molar-refractivity contribution in [2.75, 3.05) is 11.9 Å². The van der Waals surface area contributed by atoms with Crippen LogP contribution in [0.2, 0.25) is 0 Å². The average molecular weight is 395 g/mol. The second-order valence-corrected chi connectivity index (χ2v) is 8.47. The van der Waals surface area contributed by atoms with E-state index in [1.165, 1.54) is 30.4 Å². The second kappa shape index (κ2) is 7.67. The minimum atomic E-state index is -0.288. The van der Waals surface area contributed by atoms with Crippen LogP contribution in [0.3, 0.4) is 0 Å². The van der Waals surface area contributed by atoms with Crippen LogP contribution in [-0.4, -0.2) is 27.7 Å². The number of benzene rings is 1. The number of aromatic nitrogens is 3. The van der Waals surface area contributed by atoms with Crippen molar-refractivity contribution in [3.8, 4) is 5.88 Å². The first kappa shape index (κ1) is 18.6. The monoisotopic (exact) mass is 394 g/mol. The molecule has 7 heteroatoms. The van der Waals surface area contributed by atoms with E-state index in [0.717, 1.165) is 10.6 Å². The summed E-state index contributed by atoms with van der Waals surface area (Å²) in [6.07, 6.45) is 3.98. The number of hydrogen-bond donors (Lipinski definition) is 1. The van der Waals surface area contributed by atoms with Gasteiger partial charge < -0.3 is 4.74 Å². The van der Waals surface area contributed by atoms with Gasteiger partial charge in [-0.1, -0.05) is 41.7 Å². The maximum absolute atomic E-state index is 12.5. The Morgan fingerprint density at radius 1 is 1.18 bits per heavy atom. The number of carbonyl (C=O) groups is 1. The number of nitrogens with one attached hydrogen (secondary N) is 1. The first-order valence-corrected chi connectivity index (χ1v) is 10.1. The van der Waals surface area contributed by atoms with Crippen molar-refractivity contribution >= 4 is 22.4 Å². The van der Waals surface area contributed by atoms with Crippen LogP contribution in [0.1, 0.15) is 47.6 Å². The van der Waals surface area contributed by atoms with Crippen LogP contribution < -0.4 is 10.1 Å². The second-order valence-electron chi connectivity index (χ2n) is 7.50. The first-order valence-electron chi connectivity index (χ1n) is 9.32. The summed E-state index contributed by atoms with van der Waals surface area (Å²) < 4.78 is 5.60. The van der Waals surface area contributed by atoms with E-state index >= 15 is 0 Å². The molecule has 1 aliphatic carbocycles. The van der Waals surface area contributed by atoms with Gasteiger partial charge in [0.2, 0.25) is 11.0 Å². The molecule has 2 aromatic heterocycles. The molecule has 6 nitrogen and oxygen atoms in total. The van der Waals surface area contributed by atoms with Crippen LogP contribution in [0.5, 0.6) is 5.88 Å². The van der Waals surface area contributed by atoms with Gasteiger partial charge in [-0.15, -0.1) is 10.2 Å². The van der Waals surface area contributed by atoms with Gasteiger partial charge in [0.05, 0.1) is 12.2 Å². The van der Waals surface area contributed by atoms with Crippen LogP contribution in [-0.2, 0) is 5.41 Å². The number of nitrogens with zero attached hydrogens (tertiary/aromatic N) is 3. The predicted octanol–water partition coefficient (Wildman–Crippen LogP) is 4.30. The highest BCUT2D eigenvalue weighted by atomic mass is 32.1. The number of hydrogen-bond acceptors (Lipinski definition) is 6. The molecule has 0 aliphatic heterocycles. The van der Waals surface area contributed by atoms with E-state index in [1.54, 1.807) is 12.1 Å². The van der Waals surface area contributed by atoms with Crippen molar-refractivity contribution in [3.05, 3.63) is 64.8 Å². The third kappa shape index (κ3) is 4.20. The van der Waals surface area contributed by atoms with Gasteiger partial charge in [0.1, 0.15) is 5.01 Å². The van der Waals surface area contributed by atoms with Crippen molar-refractivity contribution in [1.82, 2.24) is 15.2 Å². The molecular weight excluding hydrogens is 372 g/mol. The van der Waals surface area contributed by atoms with Crippen molar-refractivity contribution in [1.29, 1.82) is 0 Å². The van der Waals surface area contributed by atoms with Crippen molar-refractivity contribution < 1.29 is 9.53 Å². The normalized spacial score (nSPS) is 13.9. The van der Waals surface area contributed by atoms with Gasteiger partial charge in [0.25, 0.3) is 5.91 Å². The SMILES string of the molecule is CC(C)(c1ccccc1)c1nnc(NC(=O)c2ccc(OCC3CC3)nc2)s1.